The molecule has 0 atom stereocenters. The summed E-state index contributed by atoms with van der Waals surface area (Å²) in [5.41, 5.74) is 0.0361. The first-order chi connectivity index (χ1) is 11.5. The number of benzene rings is 1. The molecule has 0 radical (unpaired) electrons. The maximum absolute atomic E-state index is 13.6. The van der Waals surface area contributed by atoms with Gasteiger partial charge >= 0.3 is 5.22 Å². The van der Waals surface area contributed by atoms with Gasteiger partial charge in [-0.1, -0.05) is 23.3 Å². The van der Waals surface area contributed by atoms with Crippen LogP contribution in [0.5, 0.6) is 0 Å². The summed E-state index contributed by atoms with van der Waals surface area (Å²) in [5.74, 6) is -0.965. The number of sulfone groups is 1. The van der Waals surface area contributed by atoms with Gasteiger partial charge in [0, 0.05) is 24.4 Å². The van der Waals surface area contributed by atoms with Crippen LogP contribution >= 0.6 is 0 Å². The highest BCUT2D eigenvalue weighted by Gasteiger charge is 2.29. The first-order valence-electron chi connectivity index (χ1n) is 7.52. The largest absolute Gasteiger partial charge is 0.412 e. The van der Waals surface area contributed by atoms with Crippen LogP contribution in [-0.4, -0.2) is 31.1 Å². The van der Waals surface area contributed by atoms with Crippen molar-refractivity contribution in [2.24, 2.45) is 5.92 Å². The van der Waals surface area contributed by atoms with Crippen molar-refractivity contribution in [2.45, 2.75) is 30.2 Å². The molecule has 0 bridgehead atoms. The first-order valence-corrected chi connectivity index (χ1v) is 9.17. The second-order valence-electron chi connectivity index (χ2n) is 5.63. The summed E-state index contributed by atoms with van der Waals surface area (Å²) < 4.78 is 43.1. The molecule has 1 aliphatic carbocycles. The van der Waals surface area contributed by atoms with Crippen LogP contribution in [-0.2, 0) is 26.8 Å². The molecule has 0 unspecified atom stereocenters. The minimum absolute atomic E-state index is 0.0121. The van der Waals surface area contributed by atoms with E-state index >= 15 is 0 Å². The van der Waals surface area contributed by atoms with Gasteiger partial charge in [0.1, 0.15) is 5.82 Å². The zero-order valence-corrected chi connectivity index (χ0v) is 13.6. The van der Waals surface area contributed by atoms with Crippen LogP contribution in [0.2, 0.25) is 0 Å². The summed E-state index contributed by atoms with van der Waals surface area (Å²) in [7, 11) is -3.93. The van der Waals surface area contributed by atoms with E-state index < -0.39 is 26.6 Å². The maximum atomic E-state index is 13.6. The molecule has 1 amide bonds. The lowest BCUT2D eigenvalue weighted by molar-refractivity contribution is -0.122. The van der Waals surface area contributed by atoms with Gasteiger partial charge in [-0.2, -0.15) is 0 Å². The van der Waals surface area contributed by atoms with E-state index in [1.165, 1.54) is 18.2 Å². The van der Waals surface area contributed by atoms with Crippen molar-refractivity contribution in [2.75, 3.05) is 6.54 Å². The number of amides is 1. The molecule has 7 nitrogen and oxygen atoms in total. The number of carbonyl (C=O) groups excluding carboxylic acids is 1. The topological polar surface area (TPSA) is 102 Å². The summed E-state index contributed by atoms with van der Waals surface area (Å²) >= 11 is 0. The average molecular weight is 353 g/mol. The normalized spacial score (nSPS) is 14.5. The number of aromatic nitrogens is 2. The van der Waals surface area contributed by atoms with Gasteiger partial charge in [0.15, 0.2) is 0 Å². The molecule has 1 N–H and O–H groups in total. The molecule has 1 fully saturated rings. The Morgan fingerprint density at radius 1 is 1.29 bits per heavy atom. The highest BCUT2D eigenvalue weighted by atomic mass is 32.2. The van der Waals surface area contributed by atoms with E-state index in [1.807, 2.05) is 0 Å². The van der Waals surface area contributed by atoms with Crippen molar-refractivity contribution in [1.82, 2.24) is 15.5 Å². The van der Waals surface area contributed by atoms with E-state index in [9.17, 15) is 17.6 Å². The van der Waals surface area contributed by atoms with E-state index in [4.69, 9.17) is 4.42 Å². The van der Waals surface area contributed by atoms with Crippen LogP contribution in [0.4, 0.5) is 4.39 Å². The van der Waals surface area contributed by atoms with E-state index in [0.717, 1.165) is 12.8 Å². The lowest BCUT2D eigenvalue weighted by Gasteiger charge is -2.02. The minimum Gasteiger partial charge on any atom is -0.412 e. The summed E-state index contributed by atoms with van der Waals surface area (Å²) in [6.07, 6.45) is 2.05. The number of carbonyl (C=O) groups is 1. The van der Waals surface area contributed by atoms with Crippen LogP contribution in [0.25, 0.3) is 0 Å². The average Bonchev–Trinajstić information content (AvgIpc) is 3.28. The first kappa shape index (κ1) is 16.6. The number of nitrogens with one attached hydrogen (secondary N) is 1. The molecule has 24 heavy (non-hydrogen) atoms. The molecule has 0 spiro atoms. The highest BCUT2D eigenvalue weighted by Crippen LogP contribution is 2.28. The van der Waals surface area contributed by atoms with Gasteiger partial charge in [0.05, 0.1) is 5.75 Å². The molecule has 1 aliphatic rings. The zero-order valence-electron chi connectivity index (χ0n) is 12.7. The third-order valence-electron chi connectivity index (χ3n) is 3.60. The summed E-state index contributed by atoms with van der Waals surface area (Å²) in [5, 5.41) is 9.36. The molecule has 1 aromatic carbocycles. The lowest BCUT2D eigenvalue weighted by Crippen LogP contribution is -2.26. The van der Waals surface area contributed by atoms with Crippen molar-refractivity contribution in [3.63, 3.8) is 0 Å². The third kappa shape index (κ3) is 3.97. The number of nitrogens with zero attached hydrogens (tertiary/aromatic N) is 2. The van der Waals surface area contributed by atoms with Gasteiger partial charge in [-0.15, -0.1) is 5.10 Å². The van der Waals surface area contributed by atoms with E-state index in [1.54, 1.807) is 6.07 Å². The Hall–Kier alpha value is -2.29. The summed E-state index contributed by atoms with van der Waals surface area (Å²) in [6, 6.07) is 5.60. The smallest absolute Gasteiger partial charge is 0.335 e. The Morgan fingerprint density at radius 2 is 2.04 bits per heavy atom. The Morgan fingerprint density at radius 3 is 2.75 bits per heavy atom. The third-order valence-corrected chi connectivity index (χ3v) is 4.99. The predicted molar refractivity (Wildman–Crippen MR) is 81.0 cm³/mol. The van der Waals surface area contributed by atoms with Crippen LogP contribution in [0.1, 0.15) is 24.3 Å². The van der Waals surface area contributed by atoms with Crippen LogP contribution < -0.4 is 5.32 Å². The molecule has 1 aromatic heterocycles. The van der Waals surface area contributed by atoms with Crippen LogP contribution in [0.15, 0.2) is 33.9 Å². The Bertz CT molecular complexity index is 846. The molecule has 0 aliphatic heterocycles. The molecule has 1 saturated carbocycles. The van der Waals surface area contributed by atoms with Crippen LogP contribution in [0.3, 0.4) is 0 Å². The molecule has 9 heteroatoms. The van der Waals surface area contributed by atoms with Crippen molar-refractivity contribution >= 4 is 15.7 Å². The number of hydrogen-bond acceptors (Lipinski definition) is 6. The Balaban J connectivity index is 1.61. The van der Waals surface area contributed by atoms with Gasteiger partial charge < -0.3 is 9.73 Å². The van der Waals surface area contributed by atoms with E-state index in [0.29, 0.717) is 6.54 Å². The van der Waals surface area contributed by atoms with Gasteiger partial charge in [-0.3, -0.25) is 4.79 Å². The van der Waals surface area contributed by atoms with Gasteiger partial charge in [-0.25, -0.2) is 12.8 Å². The number of halogens is 1. The second kappa shape index (κ2) is 6.68. The summed E-state index contributed by atoms with van der Waals surface area (Å²) in [4.78, 5) is 11.5. The lowest BCUT2D eigenvalue weighted by atomic mass is 10.2. The fraction of sp³-hybridized carbons (Fsp3) is 0.400. The van der Waals surface area contributed by atoms with Gasteiger partial charge in [0.25, 0.3) is 0 Å². The Kier molecular flexibility index (Phi) is 4.61. The minimum atomic E-state index is -3.93. The molecule has 128 valence electrons. The van der Waals surface area contributed by atoms with Crippen molar-refractivity contribution < 1.29 is 22.0 Å². The second-order valence-corrected chi connectivity index (χ2v) is 7.49. The van der Waals surface area contributed by atoms with Crippen LogP contribution in [0, 0.1) is 11.7 Å². The molecule has 2 aromatic rings. The van der Waals surface area contributed by atoms with E-state index in [-0.39, 0.29) is 29.7 Å². The summed E-state index contributed by atoms with van der Waals surface area (Å²) in [6.45, 7) is 0.296. The monoisotopic (exact) mass is 353 g/mol. The fourth-order valence-corrected chi connectivity index (χ4v) is 3.28. The van der Waals surface area contributed by atoms with E-state index in [2.05, 4.69) is 15.5 Å². The SMILES string of the molecule is O=C(NCCc1nnc(S(=O)(=O)Cc2ccccc2F)o1)C1CC1. The maximum Gasteiger partial charge on any atom is 0.335 e. The molecular weight excluding hydrogens is 337 g/mol. The molecule has 0 saturated heterocycles. The Labute approximate surface area is 138 Å². The zero-order chi connectivity index (χ0) is 17.2. The quantitative estimate of drug-likeness (QED) is 0.804. The highest BCUT2D eigenvalue weighted by molar-refractivity contribution is 7.90. The molecule has 1 heterocycles. The van der Waals surface area contributed by atoms with Crippen molar-refractivity contribution in [3.05, 3.63) is 41.5 Å². The number of rotatable bonds is 7. The number of hydrogen-bond donors (Lipinski definition) is 1. The standard InChI is InChI=1S/C15H16FN3O4S/c16-12-4-2-1-3-11(12)9-24(21,22)15-19-18-13(23-15)7-8-17-14(20)10-5-6-10/h1-4,10H,5-9H2,(H,17,20). The molecular formula is C15H16FN3O4S. The predicted octanol–water partition coefficient (Wildman–Crippen LogP) is 1.25. The van der Waals surface area contributed by atoms with Crippen molar-refractivity contribution in [1.29, 1.82) is 0 Å². The molecule has 3 rings (SSSR count). The van der Waals surface area contributed by atoms with Gasteiger partial charge in [-0.05, 0) is 18.9 Å². The van der Waals surface area contributed by atoms with Gasteiger partial charge in [0.2, 0.25) is 21.6 Å². The fourth-order valence-electron chi connectivity index (χ4n) is 2.13. The van der Waals surface area contributed by atoms with Crippen molar-refractivity contribution in [3.8, 4) is 0 Å².